The molecule has 0 spiro atoms. The molecule has 0 saturated heterocycles. The maximum absolute atomic E-state index is 11.0. The Balaban J connectivity index is 2.11. The van der Waals surface area contributed by atoms with Gasteiger partial charge in [0.05, 0.1) is 12.3 Å². The van der Waals surface area contributed by atoms with Crippen molar-refractivity contribution in [2.45, 2.75) is 38.7 Å². The molecule has 0 bridgehead atoms. The smallest absolute Gasteiger partial charge is 0.114 e. The predicted molar refractivity (Wildman–Crippen MR) is 120 cm³/mol. The van der Waals surface area contributed by atoms with Gasteiger partial charge in [0.2, 0.25) is 0 Å². The summed E-state index contributed by atoms with van der Waals surface area (Å²) in [6.07, 6.45) is 4.85. The molecule has 0 heterocycles. The SMILES string of the molecule is CCCCC[C@H](O)C[P+](c1ccccc1)(c1ccccc1)c1ccccc1. The van der Waals surface area contributed by atoms with Crippen LogP contribution >= 0.6 is 7.26 Å². The molecule has 0 aliphatic heterocycles. The largest absolute Gasteiger partial charge is 0.389 e. The maximum Gasteiger partial charge on any atom is 0.114 e. The molecule has 3 rings (SSSR count). The summed E-state index contributed by atoms with van der Waals surface area (Å²) in [6, 6.07) is 32.4. The first kappa shape index (κ1) is 19.8. The van der Waals surface area contributed by atoms with Crippen LogP contribution in [0.1, 0.15) is 32.6 Å². The summed E-state index contributed by atoms with van der Waals surface area (Å²) in [4.78, 5) is 0. The molecule has 0 amide bonds. The van der Waals surface area contributed by atoms with Crippen molar-refractivity contribution in [3.8, 4) is 0 Å². The van der Waals surface area contributed by atoms with Gasteiger partial charge in [-0.25, -0.2) is 0 Å². The number of aliphatic hydroxyl groups is 1. The van der Waals surface area contributed by atoms with Crippen LogP contribution in [0.2, 0.25) is 0 Å². The van der Waals surface area contributed by atoms with E-state index in [0.29, 0.717) is 0 Å². The zero-order valence-corrected chi connectivity index (χ0v) is 17.1. The van der Waals surface area contributed by atoms with E-state index in [1.165, 1.54) is 28.8 Å². The third kappa shape index (κ3) is 4.67. The highest BCUT2D eigenvalue weighted by Gasteiger charge is 2.46. The molecular weight excluding hydrogens is 347 g/mol. The van der Waals surface area contributed by atoms with Gasteiger partial charge in [0.15, 0.2) is 0 Å². The summed E-state index contributed by atoms with van der Waals surface area (Å²) in [7, 11) is -1.91. The Morgan fingerprint density at radius 3 is 1.44 bits per heavy atom. The highest BCUT2D eigenvalue weighted by Crippen LogP contribution is 2.56. The van der Waals surface area contributed by atoms with Crippen molar-refractivity contribution in [2.75, 3.05) is 6.16 Å². The second-order valence-corrected chi connectivity index (χ2v) is 10.7. The lowest BCUT2D eigenvalue weighted by Gasteiger charge is -2.29. The Labute approximate surface area is 164 Å². The van der Waals surface area contributed by atoms with E-state index in [4.69, 9.17) is 0 Å². The summed E-state index contributed by atoms with van der Waals surface area (Å²) >= 11 is 0. The Morgan fingerprint density at radius 2 is 1.07 bits per heavy atom. The molecule has 3 aromatic carbocycles. The standard InChI is InChI=1S/C25H30OP/c1-2-3-7-14-22(26)21-27(23-15-8-4-9-16-23,24-17-10-5-11-18-24)25-19-12-6-13-20-25/h4-6,8-13,15-20,22,26H,2-3,7,14,21H2,1H3/q+1/t22-/m0/s1. The van der Waals surface area contributed by atoms with Gasteiger partial charge in [-0.15, -0.1) is 0 Å². The quantitative estimate of drug-likeness (QED) is 0.414. The summed E-state index contributed by atoms with van der Waals surface area (Å²) in [5.41, 5.74) is 0. The van der Waals surface area contributed by atoms with E-state index in [1.54, 1.807) is 0 Å². The lowest BCUT2D eigenvalue weighted by Crippen LogP contribution is -2.37. The first-order valence-corrected chi connectivity index (χ1v) is 12.0. The number of benzene rings is 3. The molecule has 2 heteroatoms. The molecule has 3 aromatic rings. The van der Waals surface area contributed by atoms with Crippen molar-refractivity contribution in [3.05, 3.63) is 91.0 Å². The average Bonchev–Trinajstić information content (AvgIpc) is 2.74. The Kier molecular flexibility index (Phi) is 7.21. The number of aliphatic hydroxyl groups excluding tert-OH is 1. The van der Waals surface area contributed by atoms with E-state index in [0.717, 1.165) is 19.0 Å². The number of unbranched alkanes of at least 4 members (excludes halogenated alkanes) is 2. The fourth-order valence-corrected chi connectivity index (χ4v) is 8.23. The number of rotatable bonds is 9. The molecule has 0 aliphatic carbocycles. The molecule has 1 N–H and O–H groups in total. The van der Waals surface area contributed by atoms with Gasteiger partial charge in [0.1, 0.15) is 23.2 Å². The molecule has 1 nitrogen and oxygen atoms in total. The van der Waals surface area contributed by atoms with Crippen molar-refractivity contribution in [2.24, 2.45) is 0 Å². The van der Waals surface area contributed by atoms with Crippen molar-refractivity contribution in [1.82, 2.24) is 0 Å². The fraction of sp³-hybridized carbons (Fsp3) is 0.280. The molecule has 0 radical (unpaired) electrons. The van der Waals surface area contributed by atoms with E-state index < -0.39 is 7.26 Å². The second kappa shape index (κ2) is 9.83. The molecule has 0 aliphatic rings. The van der Waals surface area contributed by atoms with Crippen LogP contribution in [0.3, 0.4) is 0 Å². The number of hydrogen-bond donors (Lipinski definition) is 1. The van der Waals surface area contributed by atoms with Crippen molar-refractivity contribution in [3.63, 3.8) is 0 Å². The van der Waals surface area contributed by atoms with Crippen molar-refractivity contribution in [1.29, 1.82) is 0 Å². The van der Waals surface area contributed by atoms with Gasteiger partial charge in [0.25, 0.3) is 0 Å². The lowest BCUT2D eigenvalue weighted by atomic mass is 10.1. The van der Waals surface area contributed by atoms with Crippen molar-refractivity contribution >= 4 is 23.2 Å². The lowest BCUT2D eigenvalue weighted by molar-refractivity contribution is 0.184. The molecule has 0 aromatic heterocycles. The first-order valence-electron chi connectivity index (χ1n) is 10.0. The van der Waals surface area contributed by atoms with Crippen LogP contribution in [0.15, 0.2) is 91.0 Å². The summed E-state index contributed by atoms with van der Waals surface area (Å²) in [6.45, 7) is 2.21. The van der Waals surface area contributed by atoms with E-state index in [-0.39, 0.29) is 6.10 Å². The minimum Gasteiger partial charge on any atom is -0.389 e. The van der Waals surface area contributed by atoms with Crippen LogP contribution in [-0.4, -0.2) is 17.4 Å². The monoisotopic (exact) mass is 377 g/mol. The molecular formula is C25H30OP+. The highest BCUT2D eigenvalue weighted by atomic mass is 31.2. The topological polar surface area (TPSA) is 20.2 Å². The average molecular weight is 377 g/mol. The van der Waals surface area contributed by atoms with Gasteiger partial charge in [-0.1, -0.05) is 80.8 Å². The van der Waals surface area contributed by atoms with E-state index in [9.17, 15) is 5.11 Å². The minimum absolute atomic E-state index is 0.287. The molecule has 0 saturated carbocycles. The van der Waals surface area contributed by atoms with Gasteiger partial charge in [-0.3, -0.25) is 0 Å². The van der Waals surface area contributed by atoms with Crippen LogP contribution in [-0.2, 0) is 0 Å². The van der Waals surface area contributed by atoms with Crippen LogP contribution in [0.5, 0.6) is 0 Å². The van der Waals surface area contributed by atoms with Crippen LogP contribution in [0.25, 0.3) is 0 Å². The molecule has 1 atom stereocenters. The summed E-state index contributed by atoms with van der Waals surface area (Å²) in [5.74, 6) is 0. The second-order valence-electron chi connectivity index (χ2n) is 7.15. The van der Waals surface area contributed by atoms with E-state index >= 15 is 0 Å². The molecule has 0 unspecified atom stereocenters. The summed E-state index contributed by atoms with van der Waals surface area (Å²) < 4.78 is 0. The van der Waals surface area contributed by atoms with Crippen LogP contribution in [0, 0.1) is 0 Å². The van der Waals surface area contributed by atoms with Crippen LogP contribution < -0.4 is 15.9 Å². The van der Waals surface area contributed by atoms with E-state index in [2.05, 4.69) is 97.9 Å². The van der Waals surface area contributed by atoms with Gasteiger partial charge < -0.3 is 5.11 Å². The Bertz CT molecular complexity index is 690. The van der Waals surface area contributed by atoms with Gasteiger partial charge in [-0.2, -0.15) is 0 Å². The molecule has 27 heavy (non-hydrogen) atoms. The minimum atomic E-state index is -1.91. The Morgan fingerprint density at radius 1 is 0.667 bits per heavy atom. The molecule has 140 valence electrons. The third-order valence-electron chi connectivity index (χ3n) is 5.22. The van der Waals surface area contributed by atoms with E-state index in [1.807, 2.05) is 0 Å². The fourth-order valence-electron chi connectivity index (χ4n) is 3.85. The maximum atomic E-state index is 11.0. The van der Waals surface area contributed by atoms with Gasteiger partial charge in [-0.05, 0) is 42.8 Å². The normalized spacial score (nSPS) is 12.7. The van der Waals surface area contributed by atoms with Gasteiger partial charge >= 0.3 is 0 Å². The number of hydrogen-bond acceptors (Lipinski definition) is 1. The summed E-state index contributed by atoms with van der Waals surface area (Å²) in [5, 5.41) is 15.1. The molecule has 0 fully saturated rings. The van der Waals surface area contributed by atoms with Crippen molar-refractivity contribution < 1.29 is 5.11 Å². The van der Waals surface area contributed by atoms with Gasteiger partial charge in [0, 0.05) is 0 Å². The van der Waals surface area contributed by atoms with Crippen LogP contribution in [0.4, 0.5) is 0 Å². The zero-order valence-electron chi connectivity index (χ0n) is 16.2. The highest BCUT2D eigenvalue weighted by molar-refractivity contribution is 7.95. The predicted octanol–water partition coefficient (Wildman–Crippen LogP) is 4.92. The first-order chi connectivity index (χ1) is 13.3. The third-order valence-corrected chi connectivity index (χ3v) is 9.72. The Hall–Kier alpha value is -1.95. The zero-order chi connectivity index (χ0) is 19.0.